The molecular weight excluding hydrogens is 264 g/mol. The van der Waals surface area contributed by atoms with Gasteiger partial charge >= 0.3 is 5.97 Å². The first-order valence-corrected chi connectivity index (χ1v) is 6.69. The van der Waals surface area contributed by atoms with Gasteiger partial charge in [-0.2, -0.15) is 0 Å². The van der Waals surface area contributed by atoms with Gasteiger partial charge in [-0.25, -0.2) is 0 Å². The molecule has 3 nitrogen and oxygen atoms in total. The number of carboxylic acids is 1. The molecule has 0 aliphatic heterocycles. The smallest absolute Gasteiger partial charge is 0.307 e. The highest BCUT2D eigenvalue weighted by Crippen LogP contribution is 2.47. The van der Waals surface area contributed by atoms with E-state index in [9.17, 15) is 14.7 Å². The summed E-state index contributed by atoms with van der Waals surface area (Å²) < 4.78 is 0. The zero-order valence-electron chi connectivity index (χ0n) is 10.2. The van der Waals surface area contributed by atoms with Gasteiger partial charge in [0.1, 0.15) is 0 Å². The predicted octanol–water partition coefficient (Wildman–Crippen LogP) is 2.87. The lowest BCUT2D eigenvalue weighted by molar-refractivity contribution is -0.145. The maximum atomic E-state index is 11.7. The Balaban J connectivity index is 2.08. The summed E-state index contributed by atoms with van der Waals surface area (Å²) in [5.74, 6) is -2.28. The van der Waals surface area contributed by atoms with Gasteiger partial charge in [0, 0.05) is 0 Å². The third-order valence-electron chi connectivity index (χ3n) is 4.16. The molecule has 0 saturated carbocycles. The number of carboxylic acid groups (broad SMARTS) is 1. The van der Waals surface area contributed by atoms with Crippen molar-refractivity contribution in [2.45, 2.75) is 19.3 Å². The lowest BCUT2D eigenvalue weighted by atomic mass is 9.76. The number of halogens is 1. The highest BCUT2D eigenvalue weighted by atomic mass is 35.5. The highest BCUT2D eigenvalue weighted by molar-refractivity contribution is 6.64. The van der Waals surface area contributed by atoms with Crippen LogP contribution in [0.15, 0.2) is 29.8 Å². The van der Waals surface area contributed by atoms with Crippen LogP contribution in [-0.2, 0) is 16.0 Å². The molecule has 2 atom stereocenters. The van der Waals surface area contributed by atoms with Crippen molar-refractivity contribution < 1.29 is 14.7 Å². The summed E-state index contributed by atoms with van der Waals surface area (Å²) in [6.07, 6.45) is 1.84. The molecule has 0 spiro atoms. The molecule has 4 heteroatoms. The third kappa shape index (κ3) is 1.89. The quantitative estimate of drug-likeness (QED) is 0.845. The Morgan fingerprint density at radius 2 is 2.00 bits per heavy atom. The van der Waals surface area contributed by atoms with Gasteiger partial charge in [-0.05, 0) is 53.1 Å². The van der Waals surface area contributed by atoms with E-state index in [2.05, 4.69) is 0 Å². The van der Waals surface area contributed by atoms with Crippen LogP contribution in [-0.4, -0.2) is 16.3 Å². The Bertz CT molecular complexity index is 603. The Kier molecular flexibility index (Phi) is 2.94. The molecule has 2 aliphatic carbocycles. The molecule has 2 aliphatic rings. The molecular formula is C15H13ClO3. The van der Waals surface area contributed by atoms with Crippen molar-refractivity contribution in [2.75, 3.05) is 0 Å². The van der Waals surface area contributed by atoms with E-state index >= 15 is 0 Å². The van der Waals surface area contributed by atoms with Crippen LogP contribution in [0.1, 0.15) is 24.0 Å². The van der Waals surface area contributed by atoms with Crippen LogP contribution in [0.3, 0.4) is 0 Å². The van der Waals surface area contributed by atoms with Crippen molar-refractivity contribution in [3.8, 4) is 0 Å². The fourth-order valence-corrected chi connectivity index (χ4v) is 3.60. The van der Waals surface area contributed by atoms with Gasteiger partial charge < -0.3 is 5.11 Å². The lowest BCUT2D eigenvalue weighted by Gasteiger charge is -2.28. The monoisotopic (exact) mass is 276 g/mol. The molecule has 3 rings (SSSR count). The van der Waals surface area contributed by atoms with Crippen LogP contribution in [0.25, 0.3) is 5.57 Å². The van der Waals surface area contributed by atoms with E-state index < -0.39 is 23.0 Å². The second-order valence-corrected chi connectivity index (χ2v) is 5.48. The molecule has 0 radical (unpaired) electrons. The maximum absolute atomic E-state index is 11.7. The number of benzene rings is 1. The molecule has 98 valence electrons. The molecule has 0 fully saturated rings. The van der Waals surface area contributed by atoms with Crippen molar-refractivity contribution >= 4 is 28.4 Å². The van der Waals surface area contributed by atoms with E-state index in [1.54, 1.807) is 0 Å². The largest absolute Gasteiger partial charge is 0.481 e. The Labute approximate surface area is 115 Å². The first-order chi connectivity index (χ1) is 9.09. The first-order valence-electron chi connectivity index (χ1n) is 6.32. The average Bonchev–Trinajstić information content (AvgIpc) is 2.75. The van der Waals surface area contributed by atoms with E-state index in [4.69, 9.17) is 11.6 Å². The van der Waals surface area contributed by atoms with E-state index in [0.29, 0.717) is 19.3 Å². The molecule has 2 unspecified atom stereocenters. The zero-order chi connectivity index (χ0) is 13.6. The number of rotatable bonds is 2. The van der Waals surface area contributed by atoms with Gasteiger partial charge in [0.15, 0.2) is 0 Å². The fraction of sp³-hybridized carbons (Fsp3) is 0.333. The van der Waals surface area contributed by atoms with Gasteiger partial charge in [0.05, 0.1) is 11.8 Å². The number of aliphatic carboxylic acids is 1. The van der Waals surface area contributed by atoms with Crippen molar-refractivity contribution in [2.24, 2.45) is 11.8 Å². The molecule has 1 N–H and O–H groups in total. The van der Waals surface area contributed by atoms with Crippen LogP contribution in [0.5, 0.6) is 0 Å². The summed E-state index contributed by atoms with van der Waals surface area (Å²) in [6.45, 7) is 0. The topological polar surface area (TPSA) is 54.4 Å². The molecule has 1 aromatic rings. The minimum Gasteiger partial charge on any atom is -0.481 e. The van der Waals surface area contributed by atoms with Gasteiger partial charge in [-0.1, -0.05) is 24.3 Å². The number of carbonyl (C=O) groups excluding carboxylic acids is 1. The number of hydrogen-bond donors (Lipinski definition) is 1. The number of fused-ring (bicyclic) bond motifs is 2. The van der Waals surface area contributed by atoms with Crippen LogP contribution in [0.2, 0.25) is 0 Å². The van der Waals surface area contributed by atoms with Crippen molar-refractivity contribution in [3.05, 3.63) is 41.0 Å². The molecule has 19 heavy (non-hydrogen) atoms. The van der Waals surface area contributed by atoms with E-state index in [-0.39, 0.29) is 0 Å². The van der Waals surface area contributed by atoms with Crippen LogP contribution < -0.4 is 0 Å². The maximum Gasteiger partial charge on any atom is 0.307 e. The molecule has 0 amide bonds. The molecule has 0 saturated heterocycles. The Morgan fingerprint density at radius 3 is 2.68 bits per heavy atom. The molecule has 0 heterocycles. The van der Waals surface area contributed by atoms with Gasteiger partial charge in [-0.15, -0.1) is 0 Å². The van der Waals surface area contributed by atoms with Crippen molar-refractivity contribution in [1.82, 2.24) is 0 Å². The van der Waals surface area contributed by atoms with E-state index in [1.807, 2.05) is 24.3 Å². The SMILES string of the molecule is O=C(O)C1CCC2=C(Cc3ccccc32)C1C(=O)Cl. The number of hydrogen-bond acceptors (Lipinski definition) is 2. The third-order valence-corrected chi connectivity index (χ3v) is 4.39. The van der Waals surface area contributed by atoms with Gasteiger partial charge in [0.25, 0.3) is 0 Å². The minimum atomic E-state index is -0.929. The number of allylic oxidation sites excluding steroid dienone is 2. The van der Waals surface area contributed by atoms with Crippen molar-refractivity contribution in [1.29, 1.82) is 0 Å². The highest BCUT2D eigenvalue weighted by Gasteiger charge is 2.42. The summed E-state index contributed by atoms with van der Waals surface area (Å²) in [7, 11) is 0. The average molecular weight is 277 g/mol. The summed E-state index contributed by atoms with van der Waals surface area (Å²) in [5.41, 5.74) is 4.37. The van der Waals surface area contributed by atoms with Crippen molar-refractivity contribution in [3.63, 3.8) is 0 Å². The summed E-state index contributed by atoms with van der Waals surface area (Å²) >= 11 is 5.67. The van der Waals surface area contributed by atoms with E-state index in [1.165, 1.54) is 5.56 Å². The molecule has 0 bridgehead atoms. The van der Waals surface area contributed by atoms with Gasteiger partial charge in [0.2, 0.25) is 5.24 Å². The minimum absolute atomic E-state index is 0.478. The summed E-state index contributed by atoms with van der Waals surface area (Å²) in [6, 6.07) is 7.99. The van der Waals surface area contributed by atoms with E-state index in [0.717, 1.165) is 16.7 Å². The summed E-state index contributed by atoms with van der Waals surface area (Å²) in [5, 5.41) is 8.71. The standard InChI is InChI=1S/C15H13ClO3/c16-14(17)13-11(15(18)19)6-5-10-9-4-2-1-3-8(9)7-12(10)13/h1-4,11,13H,5-7H2,(H,18,19). The molecule has 0 aromatic heterocycles. The summed E-state index contributed by atoms with van der Waals surface area (Å²) in [4.78, 5) is 23.0. The van der Waals surface area contributed by atoms with Gasteiger partial charge in [-0.3, -0.25) is 9.59 Å². The first kappa shape index (κ1) is 12.4. The zero-order valence-corrected chi connectivity index (χ0v) is 11.0. The normalized spacial score (nSPS) is 24.9. The predicted molar refractivity (Wildman–Crippen MR) is 71.8 cm³/mol. The Morgan fingerprint density at radius 1 is 1.26 bits per heavy atom. The van der Waals surface area contributed by atoms with Crippen LogP contribution in [0.4, 0.5) is 0 Å². The second kappa shape index (κ2) is 4.49. The van der Waals surface area contributed by atoms with Crippen LogP contribution in [0, 0.1) is 11.8 Å². The Hall–Kier alpha value is -1.61. The second-order valence-electron chi connectivity index (χ2n) is 5.10. The number of carbonyl (C=O) groups is 2. The molecule has 1 aromatic carbocycles. The van der Waals surface area contributed by atoms with Crippen LogP contribution >= 0.6 is 11.6 Å². The lowest BCUT2D eigenvalue weighted by Crippen LogP contribution is -2.32. The fourth-order valence-electron chi connectivity index (χ4n) is 3.32.